The number of aryl methyl sites for hydroxylation is 1. The molecule has 8 nitrogen and oxygen atoms in total. The quantitative estimate of drug-likeness (QED) is 0.745. The Labute approximate surface area is 149 Å². The molecule has 26 heavy (non-hydrogen) atoms. The van der Waals surface area contributed by atoms with Crippen LogP contribution in [0.5, 0.6) is 5.75 Å². The van der Waals surface area contributed by atoms with Crippen molar-refractivity contribution in [3.05, 3.63) is 35.2 Å². The number of amides is 1. The van der Waals surface area contributed by atoms with Gasteiger partial charge in [0.15, 0.2) is 0 Å². The molecule has 1 aromatic carbocycles. The molecule has 136 valence electrons. The number of imidazole rings is 1. The molecule has 0 aliphatic carbocycles. The van der Waals surface area contributed by atoms with E-state index in [2.05, 4.69) is 20.4 Å². The van der Waals surface area contributed by atoms with E-state index in [4.69, 9.17) is 14.0 Å². The number of benzene rings is 1. The van der Waals surface area contributed by atoms with Gasteiger partial charge in [-0.05, 0) is 37.3 Å². The molecule has 0 unspecified atom stereocenters. The maximum atomic E-state index is 12.4. The number of hydrogen-bond acceptors (Lipinski definition) is 6. The van der Waals surface area contributed by atoms with Gasteiger partial charge in [-0.2, -0.15) is 0 Å². The van der Waals surface area contributed by atoms with Crippen molar-refractivity contribution < 1.29 is 18.8 Å². The number of aromatic amines is 1. The van der Waals surface area contributed by atoms with Crippen molar-refractivity contribution >= 4 is 22.9 Å². The fraction of sp³-hybridized carbons (Fsp3) is 0.389. The van der Waals surface area contributed by atoms with Crippen molar-refractivity contribution in [2.45, 2.75) is 25.7 Å². The number of fused-ring (bicyclic) bond motifs is 1. The zero-order valence-electron chi connectivity index (χ0n) is 14.7. The molecule has 1 aliphatic rings. The fourth-order valence-corrected chi connectivity index (χ4v) is 3.35. The number of carbonyl (C=O) groups excluding carboxylic acids is 1. The second-order valence-electron chi connectivity index (χ2n) is 6.30. The summed E-state index contributed by atoms with van der Waals surface area (Å²) in [5, 5.41) is 6.40. The zero-order chi connectivity index (χ0) is 18.1. The van der Waals surface area contributed by atoms with Crippen LogP contribution in [0.4, 0.5) is 5.95 Å². The molecular weight excluding hydrogens is 336 g/mol. The molecule has 0 saturated carbocycles. The third-order valence-corrected chi connectivity index (χ3v) is 4.75. The second-order valence-corrected chi connectivity index (χ2v) is 6.30. The third-order valence-electron chi connectivity index (χ3n) is 4.75. The summed E-state index contributed by atoms with van der Waals surface area (Å²) in [7, 11) is 1.61. The average molecular weight is 356 g/mol. The van der Waals surface area contributed by atoms with E-state index < -0.39 is 0 Å². The van der Waals surface area contributed by atoms with Gasteiger partial charge in [0.25, 0.3) is 5.91 Å². The van der Waals surface area contributed by atoms with E-state index in [1.807, 2.05) is 12.1 Å². The zero-order valence-corrected chi connectivity index (χ0v) is 14.7. The monoisotopic (exact) mass is 356 g/mol. The number of nitrogens with zero attached hydrogens (tertiary/aromatic N) is 2. The summed E-state index contributed by atoms with van der Waals surface area (Å²) < 4.78 is 15.9. The van der Waals surface area contributed by atoms with Gasteiger partial charge in [-0.15, -0.1) is 0 Å². The van der Waals surface area contributed by atoms with Crippen molar-refractivity contribution in [2.75, 3.05) is 25.6 Å². The third kappa shape index (κ3) is 2.92. The van der Waals surface area contributed by atoms with E-state index in [0.717, 1.165) is 42.7 Å². The smallest absolute Gasteiger partial charge is 0.263 e. The molecule has 1 fully saturated rings. The molecular formula is C18H20N4O4. The standard InChI is InChI=1S/C18H20N4O4/c1-10-13(9-19-26-10)17(23)22-18-20-15-12(11-5-7-25-8-6-11)3-4-14(24-2)16(15)21-18/h3-4,9,11H,5-8H2,1-2H3,(H2,20,21,22,23). The van der Waals surface area contributed by atoms with Crippen molar-refractivity contribution in [2.24, 2.45) is 0 Å². The molecule has 1 aliphatic heterocycles. The Kier molecular flexibility index (Phi) is 4.34. The fourth-order valence-electron chi connectivity index (χ4n) is 3.35. The summed E-state index contributed by atoms with van der Waals surface area (Å²) in [5.41, 5.74) is 3.10. The summed E-state index contributed by atoms with van der Waals surface area (Å²) in [6, 6.07) is 3.98. The van der Waals surface area contributed by atoms with Crippen LogP contribution in [0.1, 0.15) is 40.4 Å². The lowest BCUT2D eigenvalue weighted by Crippen LogP contribution is -2.14. The van der Waals surface area contributed by atoms with Gasteiger partial charge in [0.1, 0.15) is 22.6 Å². The minimum absolute atomic E-state index is 0.325. The molecule has 8 heteroatoms. The summed E-state index contributed by atoms with van der Waals surface area (Å²) in [5.74, 6) is 1.56. The van der Waals surface area contributed by atoms with Crippen LogP contribution in [0.15, 0.2) is 22.9 Å². The first kappa shape index (κ1) is 16.6. The average Bonchev–Trinajstić information content (AvgIpc) is 3.27. The Morgan fingerprint density at radius 1 is 1.35 bits per heavy atom. The molecule has 2 N–H and O–H groups in total. The summed E-state index contributed by atoms with van der Waals surface area (Å²) in [6.07, 6.45) is 3.30. The van der Waals surface area contributed by atoms with Gasteiger partial charge in [-0.3, -0.25) is 10.1 Å². The first-order valence-electron chi connectivity index (χ1n) is 8.54. The highest BCUT2D eigenvalue weighted by atomic mass is 16.5. The van der Waals surface area contributed by atoms with E-state index in [-0.39, 0.29) is 5.91 Å². The first-order valence-corrected chi connectivity index (χ1v) is 8.54. The van der Waals surface area contributed by atoms with Gasteiger partial charge >= 0.3 is 0 Å². The summed E-state index contributed by atoms with van der Waals surface area (Å²) in [6.45, 7) is 3.19. The minimum Gasteiger partial charge on any atom is -0.494 e. The second kappa shape index (κ2) is 6.80. The number of rotatable bonds is 4. The van der Waals surface area contributed by atoms with Crippen LogP contribution in [-0.2, 0) is 4.74 Å². The minimum atomic E-state index is -0.325. The molecule has 3 heterocycles. The lowest BCUT2D eigenvalue weighted by Gasteiger charge is -2.22. The molecule has 1 amide bonds. The lowest BCUT2D eigenvalue weighted by atomic mass is 9.90. The molecule has 4 rings (SSSR count). The number of hydrogen-bond donors (Lipinski definition) is 2. The Balaban J connectivity index is 1.70. The highest BCUT2D eigenvalue weighted by Gasteiger charge is 2.22. The van der Waals surface area contributed by atoms with Crippen LogP contribution in [0.2, 0.25) is 0 Å². The number of methoxy groups -OCH3 is 1. The molecule has 1 saturated heterocycles. The molecule has 0 radical (unpaired) electrons. The summed E-state index contributed by atoms with van der Waals surface area (Å²) in [4.78, 5) is 20.2. The number of H-pyrrole nitrogens is 1. The Hall–Kier alpha value is -2.87. The molecule has 0 bridgehead atoms. The topological polar surface area (TPSA) is 102 Å². The van der Waals surface area contributed by atoms with Gasteiger partial charge in [-0.1, -0.05) is 11.2 Å². The SMILES string of the molecule is COc1ccc(C2CCOCC2)c2nc(NC(=O)c3cnoc3C)[nH]c12. The lowest BCUT2D eigenvalue weighted by molar-refractivity contribution is 0.0856. The van der Waals surface area contributed by atoms with Gasteiger partial charge in [0, 0.05) is 13.2 Å². The Morgan fingerprint density at radius 3 is 2.85 bits per heavy atom. The highest BCUT2D eigenvalue weighted by Crippen LogP contribution is 2.36. The van der Waals surface area contributed by atoms with Crippen molar-refractivity contribution in [1.82, 2.24) is 15.1 Å². The first-order chi connectivity index (χ1) is 12.7. The Morgan fingerprint density at radius 2 is 2.15 bits per heavy atom. The van der Waals surface area contributed by atoms with Crippen LogP contribution >= 0.6 is 0 Å². The van der Waals surface area contributed by atoms with E-state index >= 15 is 0 Å². The molecule has 0 spiro atoms. The van der Waals surface area contributed by atoms with Crippen LogP contribution in [0.25, 0.3) is 11.0 Å². The summed E-state index contributed by atoms with van der Waals surface area (Å²) >= 11 is 0. The largest absolute Gasteiger partial charge is 0.494 e. The molecule has 0 atom stereocenters. The van der Waals surface area contributed by atoms with Crippen LogP contribution in [0.3, 0.4) is 0 Å². The number of anilines is 1. The van der Waals surface area contributed by atoms with E-state index in [0.29, 0.717) is 28.9 Å². The van der Waals surface area contributed by atoms with Crippen molar-refractivity contribution in [3.8, 4) is 5.75 Å². The number of nitrogens with one attached hydrogen (secondary N) is 2. The normalized spacial score (nSPS) is 15.3. The molecule has 3 aromatic rings. The maximum absolute atomic E-state index is 12.4. The number of carbonyl (C=O) groups is 1. The van der Waals surface area contributed by atoms with Crippen LogP contribution in [0, 0.1) is 6.92 Å². The molecule has 2 aromatic heterocycles. The Bertz CT molecular complexity index is 940. The van der Waals surface area contributed by atoms with Crippen LogP contribution < -0.4 is 10.1 Å². The van der Waals surface area contributed by atoms with E-state index in [9.17, 15) is 4.79 Å². The van der Waals surface area contributed by atoms with Gasteiger partial charge in [0.05, 0.1) is 18.8 Å². The highest BCUT2D eigenvalue weighted by molar-refractivity contribution is 6.04. The van der Waals surface area contributed by atoms with Crippen molar-refractivity contribution in [3.63, 3.8) is 0 Å². The van der Waals surface area contributed by atoms with Gasteiger partial charge < -0.3 is 19.0 Å². The van der Waals surface area contributed by atoms with Crippen LogP contribution in [-0.4, -0.2) is 41.4 Å². The van der Waals surface area contributed by atoms with Gasteiger partial charge in [-0.25, -0.2) is 4.98 Å². The predicted molar refractivity (Wildman–Crippen MR) is 94.6 cm³/mol. The predicted octanol–water partition coefficient (Wildman–Crippen LogP) is 3.01. The number of ether oxygens (including phenoxy) is 2. The van der Waals surface area contributed by atoms with Gasteiger partial charge in [0.2, 0.25) is 5.95 Å². The maximum Gasteiger partial charge on any atom is 0.263 e. The number of aromatic nitrogens is 3. The van der Waals surface area contributed by atoms with E-state index in [1.54, 1.807) is 14.0 Å². The van der Waals surface area contributed by atoms with Crippen molar-refractivity contribution in [1.29, 1.82) is 0 Å². The van der Waals surface area contributed by atoms with E-state index in [1.165, 1.54) is 6.20 Å².